The summed E-state index contributed by atoms with van der Waals surface area (Å²) in [6, 6.07) is 20.8. The molecule has 0 unspecified atom stereocenters. The lowest BCUT2D eigenvalue weighted by Crippen LogP contribution is -2.26. The van der Waals surface area contributed by atoms with Gasteiger partial charge in [-0.15, -0.1) is 0 Å². The Bertz CT molecular complexity index is 1230. The van der Waals surface area contributed by atoms with Gasteiger partial charge in [0.15, 0.2) is 11.5 Å². The Balaban J connectivity index is 1.25. The second-order valence-electron chi connectivity index (χ2n) is 7.66. The lowest BCUT2D eigenvalue weighted by Gasteiger charge is -2.10. The molecule has 0 aromatic heterocycles. The number of ether oxygens (including phenoxy) is 3. The van der Waals surface area contributed by atoms with Crippen molar-refractivity contribution in [2.24, 2.45) is 0 Å². The van der Waals surface area contributed by atoms with Crippen molar-refractivity contribution in [3.05, 3.63) is 83.9 Å². The molecule has 0 fully saturated rings. The number of hydrogen-bond acceptors (Lipinski definition) is 6. The molecule has 34 heavy (non-hydrogen) atoms. The van der Waals surface area contributed by atoms with E-state index in [1.54, 1.807) is 30.3 Å². The zero-order valence-corrected chi connectivity index (χ0v) is 19.3. The van der Waals surface area contributed by atoms with Crippen LogP contribution in [0.3, 0.4) is 0 Å². The monoisotopic (exact) mass is 482 g/mol. The molecule has 2 N–H and O–H groups in total. The van der Waals surface area contributed by atoms with Crippen molar-refractivity contribution in [1.82, 2.24) is 10.0 Å². The van der Waals surface area contributed by atoms with E-state index in [0.29, 0.717) is 24.7 Å². The topological polar surface area (TPSA) is 103 Å². The molecule has 0 atom stereocenters. The molecule has 0 radical (unpaired) electrons. The van der Waals surface area contributed by atoms with Crippen LogP contribution in [0, 0.1) is 0 Å². The van der Waals surface area contributed by atoms with Crippen molar-refractivity contribution in [3.63, 3.8) is 0 Å². The van der Waals surface area contributed by atoms with E-state index in [-0.39, 0.29) is 29.7 Å². The van der Waals surface area contributed by atoms with E-state index in [1.165, 1.54) is 12.1 Å². The summed E-state index contributed by atoms with van der Waals surface area (Å²) < 4.78 is 44.3. The van der Waals surface area contributed by atoms with Crippen LogP contribution in [-0.2, 0) is 16.6 Å². The van der Waals surface area contributed by atoms with Gasteiger partial charge in [0.2, 0.25) is 16.8 Å². The second kappa shape index (κ2) is 11.0. The van der Waals surface area contributed by atoms with Crippen LogP contribution in [0.25, 0.3) is 0 Å². The minimum absolute atomic E-state index is 0.0251. The Morgan fingerprint density at radius 1 is 0.912 bits per heavy atom. The summed E-state index contributed by atoms with van der Waals surface area (Å²) >= 11 is 0. The first-order valence-corrected chi connectivity index (χ1v) is 12.4. The first-order chi connectivity index (χ1) is 16.5. The number of benzene rings is 3. The van der Waals surface area contributed by atoms with Gasteiger partial charge in [0.1, 0.15) is 5.75 Å². The summed E-state index contributed by atoms with van der Waals surface area (Å²) in [5.74, 6) is 1.71. The van der Waals surface area contributed by atoms with Crippen LogP contribution in [0.15, 0.2) is 77.7 Å². The zero-order chi connectivity index (χ0) is 23.8. The summed E-state index contributed by atoms with van der Waals surface area (Å²) in [6.45, 7) is 1.26. The first-order valence-electron chi connectivity index (χ1n) is 11.0. The number of fused-ring (bicyclic) bond motifs is 1. The van der Waals surface area contributed by atoms with Gasteiger partial charge in [-0.1, -0.05) is 30.3 Å². The molecule has 178 valence electrons. The number of rotatable bonds is 11. The Morgan fingerprint density at radius 3 is 2.59 bits per heavy atom. The van der Waals surface area contributed by atoms with Gasteiger partial charge < -0.3 is 19.5 Å². The van der Waals surface area contributed by atoms with E-state index in [9.17, 15) is 13.2 Å². The van der Waals surface area contributed by atoms with Crippen LogP contribution in [0.2, 0.25) is 0 Å². The molecule has 0 aliphatic carbocycles. The molecular weight excluding hydrogens is 456 g/mol. The van der Waals surface area contributed by atoms with Gasteiger partial charge >= 0.3 is 0 Å². The summed E-state index contributed by atoms with van der Waals surface area (Å²) in [5.41, 5.74) is 1.02. The number of carbonyl (C=O) groups excluding carboxylic acids is 1. The fraction of sp³-hybridized carbons (Fsp3) is 0.240. The van der Waals surface area contributed by atoms with Crippen molar-refractivity contribution in [1.29, 1.82) is 0 Å². The third kappa shape index (κ3) is 6.27. The van der Waals surface area contributed by atoms with Gasteiger partial charge in [-0.2, -0.15) is 0 Å². The predicted octanol–water partition coefficient (Wildman–Crippen LogP) is 3.48. The standard InChI is InChI=1S/C25H26N2O6S/c28-25(26-13-4-5-14-31-21-8-2-1-3-9-21)20-7-6-10-22(16-20)34(29,30)27-17-19-11-12-23-24(15-19)33-18-32-23/h1-3,6-12,15-16,27H,4-5,13-14,17-18H2,(H,26,28). The van der Waals surface area contributed by atoms with Gasteiger partial charge in [-0.25, -0.2) is 13.1 Å². The maximum Gasteiger partial charge on any atom is 0.251 e. The van der Waals surface area contributed by atoms with E-state index in [0.717, 1.165) is 24.2 Å². The first kappa shape index (κ1) is 23.6. The molecule has 1 heterocycles. The van der Waals surface area contributed by atoms with Crippen LogP contribution in [0.1, 0.15) is 28.8 Å². The van der Waals surface area contributed by atoms with Crippen LogP contribution < -0.4 is 24.2 Å². The molecule has 3 aromatic rings. The highest BCUT2D eigenvalue weighted by molar-refractivity contribution is 7.89. The van der Waals surface area contributed by atoms with E-state index < -0.39 is 10.0 Å². The smallest absolute Gasteiger partial charge is 0.251 e. The second-order valence-corrected chi connectivity index (χ2v) is 9.43. The molecule has 0 saturated carbocycles. The Morgan fingerprint density at radius 2 is 1.74 bits per heavy atom. The van der Waals surface area contributed by atoms with Crippen LogP contribution in [-0.4, -0.2) is 34.3 Å². The maximum atomic E-state index is 12.8. The van der Waals surface area contributed by atoms with E-state index >= 15 is 0 Å². The molecule has 4 rings (SSSR count). The minimum atomic E-state index is -3.81. The van der Waals surface area contributed by atoms with Gasteiger partial charge in [0.25, 0.3) is 5.91 Å². The Kier molecular flexibility index (Phi) is 7.66. The van der Waals surface area contributed by atoms with Crippen molar-refractivity contribution >= 4 is 15.9 Å². The Labute approximate surface area is 198 Å². The molecule has 0 bridgehead atoms. The summed E-state index contributed by atoms with van der Waals surface area (Å²) in [6.07, 6.45) is 1.53. The normalized spacial score (nSPS) is 12.4. The lowest BCUT2D eigenvalue weighted by atomic mass is 10.2. The van der Waals surface area contributed by atoms with Crippen molar-refractivity contribution < 1.29 is 27.4 Å². The average Bonchev–Trinajstić information content (AvgIpc) is 3.33. The number of nitrogens with one attached hydrogen (secondary N) is 2. The minimum Gasteiger partial charge on any atom is -0.494 e. The number of unbranched alkanes of at least 4 members (excludes halogenated alkanes) is 1. The molecule has 1 aliphatic heterocycles. The maximum absolute atomic E-state index is 12.8. The van der Waals surface area contributed by atoms with E-state index in [4.69, 9.17) is 14.2 Å². The number of amides is 1. The van der Waals surface area contributed by atoms with Gasteiger partial charge in [-0.05, 0) is 60.9 Å². The predicted molar refractivity (Wildman–Crippen MR) is 127 cm³/mol. The van der Waals surface area contributed by atoms with Crippen LogP contribution in [0.5, 0.6) is 17.2 Å². The molecule has 1 amide bonds. The number of para-hydroxylation sites is 1. The van der Waals surface area contributed by atoms with Crippen LogP contribution in [0.4, 0.5) is 0 Å². The molecule has 8 nitrogen and oxygen atoms in total. The highest BCUT2D eigenvalue weighted by Gasteiger charge is 2.18. The number of hydrogen-bond donors (Lipinski definition) is 2. The fourth-order valence-corrected chi connectivity index (χ4v) is 4.42. The lowest BCUT2D eigenvalue weighted by molar-refractivity contribution is 0.0952. The average molecular weight is 483 g/mol. The number of sulfonamides is 1. The van der Waals surface area contributed by atoms with E-state index in [1.807, 2.05) is 30.3 Å². The summed E-state index contributed by atoms with van der Waals surface area (Å²) in [4.78, 5) is 12.5. The largest absolute Gasteiger partial charge is 0.494 e. The third-order valence-corrected chi connectivity index (χ3v) is 6.58. The highest BCUT2D eigenvalue weighted by atomic mass is 32.2. The zero-order valence-electron chi connectivity index (χ0n) is 18.5. The molecule has 9 heteroatoms. The summed E-state index contributed by atoms with van der Waals surface area (Å²) in [5, 5.41) is 2.82. The molecule has 0 spiro atoms. The molecular formula is C25H26N2O6S. The third-order valence-electron chi connectivity index (χ3n) is 5.18. The van der Waals surface area contributed by atoms with E-state index in [2.05, 4.69) is 10.0 Å². The Hall–Kier alpha value is -3.56. The quantitative estimate of drug-likeness (QED) is 0.406. The molecule has 0 saturated heterocycles. The van der Waals surface area contributed by atoms with Crippen molar-refractivity contribution in [3.8, 4) is 17.2 Å². The number of carbonyl (C=O) groups is 1. The van der Waals surface area contributed by atoms with Crippen molar-refractivity contribution in [2.45, 2.75) is 24.3 Å². The SMILES string of the molecule is O=C(NCCCCOc1ccccc1)c1cccc(S(=O)(=O)NCc2ccc3c(c2)OCO3)c1. The summed E-state index contributed by atoms with van der Waals surface area (Å²) in [7, 11) is -3.81. The highest BCUT2D eigenvalue weighted by Crippen LogP contribution is 2.32. The molecule has 3 aromatic carbocycles. The fourth-order valence-electron chi connectivity index (χ4n) is 3.35. The van der Waals surface area contributed by atoms with Gasteiger partial charge in [0.05, 0.1) is 11.5 Å². The molecule has 1 aliphatic rings. The van der Waals surface area contributed by atoms with Crippen molar-refractivity contribution in [2.75, 3.05) is 19.9 Å². The van der Waals surface area contributed by atoms with Crippen LogP contribution >= 0.6 is 0 Å². The van der Waals surface area contributed by atoms with Gasteiger partial charge in [0, 0.05) is 18.7 Å². The van der Waals surface area contributed by atoms with Gasteiger partial charge in [-0.3, -0.25) is 4.79 Å².